The third-order valence-electron chi connectivity index (χ3n) is 8.53. The molecule has 1 saturated heterocycles. The fraction of sp³-hybridized carbons (Fsp3) is 0.850. The summed E-state index contributed by atoms with van der Waals surface area (Å²) in [5.41, 5.74) is -0.905. The predicted molar refractivity (Wildman–Crippen MR) is 94.1 cm³/mol. The molecule has 0 amide bonds. The van der Waals surface area contributed by atoms with Gasteiger partial charge >= 0.3 is 5.97 Å². The minimum absolute atomic E-state index is 0.224. The van der Waals surface area contributed by atoms with Crippen LogP contribution in [0.25, 0.3) is 0 Å². The quantitative estimate of drug-likeness (QED) is 0.285. The number of ether oxygens (including phenoxy) is 1. The van der Waals surface area contributed by atoms with Gasteiger partial charge in [-0.15, -0.1) is 0 Å². The van der Waals surface area contributed by atoms with Crippen LogP contribution >= 0.6 is 0 Å². The van der Waals surface area contributed by atoms with Gasteiger partial charge in [-0.3, -0.25) is 0 Å². The Labute approximate surface area is 158 Å². The Kier molecular flexibility index (Phi) is 4.13. The second kappa shape index (κ2) is 5.76. The Morgan fingerprint density at radius 3 is 2.33 bits per heavy atom. The predicted octanol–water partition coefficient (Wildman–Crippen LogP) is -0.409. The standard InChI is InChI=1S/C20H30O7/c1-7-5-10(21)17(25)19(3)9(7)6-11-20(4)12(14(23)18(26)27-11)8(2)13(22)15(24)16(19)20/h5,8-17,21-25H,6H2,1-4H3/t8-,9+,10+,11-,12?,13-,14-,15+,16-,17-,19+,20+/m1/s1. The molecule has 7 nitrogen and oxygen atoms in total. The molecule has 1 heterocycles. The molecule has 152 valence electrons. The first-order valence-corrected chi connectivity index (χ1v) is 9.76. The zero-order valence-electron chi connectivity index (χ0n) is 16.1. The van der Waals surface area contributed by atoms with Crippen LogP contribution in [0.3, 0.4) is 0 Å². The van der Waals surface area contributed by atoms with Crippen molar-refractivity contribution in [3.05, 3.63) is 11.6 Å². The molecule has 3 fully saturated rings. The van der Waals surface area contributed by atoms with Gasteiger partial charge in [-0.05, 0) is 25.2 Å². The molecular weight excluding hydrogens is 352 g/mol. The molecule has 3 aliphatic carbocycles. The van der Waals surface area contributed by atoms with Crippen molar-refractivity contribution in [3.8, 4) is 0 Å². The van der Waals surface area contributed by atoms with Gasteiger partial charge in [-0.1, -0.05) is 32.4 Å². The largest absolute Gasteiger partial charge is 0.460 e. The van der Waals surface area contributed by atoms with Gasteiger partial charge in [-0.2, -0.15) is 0 Å². The number of carbonyl (C=O) groups excluding carboxylic acids is 1. The van der Waals surface area contributed by atoms with E-state index in [2.05, 4.69) is 0 Å². The first kappa shape index (κ1) is 19.3. The van der Waals surface area contributed by atoms with Crippen LogP contribution in [0.1, 0.15) is 34.1 Å². The molecular formula is C20H30O7. The molecule has 0 aromatic carbocycles. The van der Waals surface area contributed by atoms with Crippen LogP contribution in [0.15, 0.2) is 11.6 Å². The van der Waals surface area contributed by atoms with E-state index in [-0.39, 0.29) is 5.92 Å². The topological polar surface area (TPSA) is 127 Å². The number of fused-ring (bicyclic) bond motifs is 2. The second-order valence-electron chi connectivity index (χ2n) is 9.58. The number of aliphatic hydroxyl groups excluding tert-OH is 5. The van der Waals surface area contributed by atoms with Crippen molar-refractivity contribution in [1.82, 2.24) is 0 Å². The van der Waals surface area contributed by atoms with Crippen LogP contribution < -0.4 is 0 Å². The Balaban J connectivity index is 1.94. The molecule has 1 aliphatic heterocycles. The van der Waals surface area contributed by atoms with E-state index in [4.69, 9.17) is 4.74 Å². The van der Waals surface area contributed by atoms with E-state index in [9.17, 15) is 30.3 Å². The summed E-state index contributed by atoms with van der Waals surface area (Å²) in [5.74, 6) is -2.72. The SMILES string of the molecule is CC1=C[C@H](O)[C@@H](O)[C@@]2(C)[C@H]1C[C@H]1OC(=O)[C@H](O)C3[C@@H](C)[C@@H](O)[C@H](O)[C@H]2[C@]31C. The van der Waals surface area contributed by atoms with Crippen molar-refractivity contribution in [2.45, 2.75) is 70.7 Å². The molecule has 4 rings (SSSR count). The summed E-state index contributed by atoms with van der Waals surface area (Å²) in [7, 11) is 0. The highest BCUT2D eigenvalue weighted by molar-refractivity contribution is 5.76. The molecule has 4 aliphatic rings. The molecule has 0 radical (unpaired) electrons. The lowest BCUT2D eigenvalue weighted by Crippen LogP contribution is -2.76. The summed E-state index contributed by atoms with van der Waals surface area (Å²) in [5, 5.41) is 53.9. The molecule has 0 bridgehead atoms. The van der Waals surface area contributed by atoms with E-state index in [0.717, 1.165) is 5.57 Å². The third kappa shape index (κ3) is 2.12. The number of rotatable bonds is 0. The normalized spacial score (nSPS) is 60.0. The summed E-state index contributed by atoms with van der Waals surface area (Å²) in [4.78, 5) is 12.3. The zero-order valence-corrected chi connectivity index (χ0v) is 16.1. The second-order valence-corrected chi connectivity index (χ2v) is 9.58. The van der Waals surface area contributed by atoms with E-state index < -0.39 is 71.2 Å². The van der Waals surface area contributed by atoms with Crippen molar-refractivity contribution in [2.24, 2.45) is 34.5 Å². The fourth-order valence-electron chi connectivity index (χ4n) is 7.32. The lowest BCUT2D eigenvalue weighted by molar-refractivity contribution is -0.309. The summed E-state index contributed by atoms with van der Waals surface area (Å²) in [6.07, 6.45) is -4.42. The van der Waals surface area contributed by atoms with Crippen molar-refractivity contribution in [2.75, 3.05) is 0 Å². The van der Waals surface area contributed by atoms with Gasteiger partial charge in [0.25, 0.3) is 0 Å². The summed E-state index contributed by atoms with van der Waals surface area (Å²) in [6.45, 7) is 7.30. The maximum atomic E-state index is 12.3. The van der Waals surface area contributed by atoms with Crippen LogP contribution in [0.4, 0.5) is 0 Å². The minimum Gasteiger partial charge on any atom is -0.460 e. The van der Waals surface area contributed by atoms with E-state index in [1.807, 2.05) is 20.8 Å². The molecule has 0 spiro atoms. The van der Waals surface area contributed by atoms with E-state index >= 15 is 0 Å². The maximum Gasteiger partial charge on any atom is 0.335 e. The highest BCUT2D eigenvalue weighted by atomic mass is 16.6. The number of allylic oxidation sites excluding steroid dienone is 1. The molecule has 1 unspecified atom stereocenters. The first-order chi connectivity index (χ1) is 12.5. The van der Waals surface area contributed by atoms with Crippen molar-refractivity contribution in [3.63, 3.8) is 0 Å². The minimum atomic E-state index is -1.40. The molecule has 5 N–H and O–H groups in total. The van der Waals surface area contributed by atoms with E-state index in [1.54, 1.807) is 13.0 Å². The maximum absolute atomic E-state index is 12.3. The van der Waals surface area contributed by atoms with Crippen molar-refractivity contribution >= 4 is 5.97 Å². The number of esters is 1. The Hall–Kier alpha value is -0.990. The average molecular weight is 382 g/mol. The fourth-order valence-corrected chi connectivity index (χ4v) is 7.32. The van der Waals surface area contributed by atoms with Gasteiger partial charge < -0.3 is 30.3 Å². The molecule has 2 saturated carbocycles. The van der Waals surface area contributed by atoms with Crippen LogP contribution in [0, 0.1) is 34.5 Å². The zero-order chi connectivity index (χ0) is 20.0. The molecule has 12 atom stereocenters. The average Bonchev–Trinajstić information content (AvgIpc) is 2.59. The van der Waals surface area contributed by atoms with Gasteiger partial charge in [0.05, 0.1) is 24.4 Å². The van der Waals surface area contributed by atoms with Gasteiger partial charge in [-0.25, -0.2) is 4.79 Å². The van der Waals surface area contributed by atoms with Gasteiger partial charge in [0, 0.05) is 22.7 Å². The Morgan fingerprint density at radius 1 is 1.07 bits per heavy atom. The molecule has 27 heavy (non-hydrogen) atoms. The monoisotopic (exact) mass is 382 g/mol. The first-order valence-electron chi connectivity index (χ1n) is 9.76. The Bertz CT molecular complexity index is 692. The lowest BCUT2D eigenvalue weighted by atomic mass is 9.38. The van der Waals surface area contributed by atoms with Gasteiger partial charge in [0.1, 0.15) is 6.10 Å². The number of carbonyl (C=O) groups is 1. The van der Waals surface area contributed by atoms with Gasteiger partial charge in [0.2, 0.25) is 0 Å². The molecule has 0 aromatic heterocycles. The number of aliphatic hydroxyl groups is 5. The molecule has 0 aromatic rings. The van der Waals surface area contributed by atoms with Crippen molar-refractivity contribution < 1.29 is 35.1 Å². The highest BCUT2D eigenvalue weighted by Crippen LogP contribution is 2.68. The van der Waals surface area contributed by atoms with Crippen LogP contribution in [-0.2, 0) is 9.53 Å². The van der Waals surface area contributed by atoms with E-state index in [1.165, 1.54) is 0 Å². The number of hydrogen-bond donors (Lipinski definition) is 5. The summed E-state index contributed by atoms with van der Waals surface area (Å²) in [6, 6.07) is 0. The number of hydrogen-bond acceptors (Lipinski definition) is 7. The van der Waals surface area contributed by atoms with Crippen molar-refractivity contribution in [1.29, 1.82) is 0 Å². The summed E-state index contributed by atoms with van der Waals surface area (Å²) >= 11 is 0. The van der Waals surface area contributed by atoms with Gasteiger partial charge in [0.15, 0.2) is 6.10 Å². The van der Waals surface area contributed by atoms with Crippen LogP contribution in [0.2, 0.25) is 0 Å². The van der Waals surface area contributed by atoms with E-state index in [0.29, 0.717) is 6.42 Å². The Morgan fingerprint density at radius 2 is 1.70 bits per heavy atom. The van der Waals surface area contributed by atoms with Crippen LogP contribution in [0.5, 0.6) is 0 Å². The summed E-state index contributed by atoms with van der Waals surface area (Å²) < 4.78 is 5.63. The smallest absolute Gasteiger partial charge is 0.335 e. The lowest BCUT2D eigenvalue weighted by Gasteiger charge is -2.69. The molecule has 7 heteroatoms. The third-order valence-corrected chi connectivity index (χ3v) is 8.53. The van der Waals surface area contributed by atoms with Crippen LogP contribution in [-0.4, -0.2) is 68.1 Å². The highest BCUT2D eigenvalue weighted by Gasteiger charge is 2.73.